The Balaban J connectivity index is 1.82. The summed E-state index contributed by atoms with van der Waals surface area (Å²) in [6.07, 6.45) is 1.39. The largest absolute Gasteiger partial charge is 0.465 e. The van der Waals surface area contributed by atoms with Crippen molar-refractivity contribution in [3.05, 3.63) is 114 Å². The molecule has 5 aromatic rings. The van der Waals surface area contributed by atoms with Gasteiger partial charge in [0.2, 0.25) is 0 Å². The number of benzene rings is 5. The molecule has 216 valence electrons. The second kappa shape index (κ2) is 11.7. The van der Waals surface area contributed by atoms with Gasteiger partial charge in [-0.3, -0.25) is 0 Å². The van der Waals surface area contributed by atoms with Crippen LogP contribution in [0.2, 0.25) is 0 Å². The summed E-state index contributed by atoms with van der Waals surface area (Å²) in [5.41, 5.74) is 4.07. The highest BCUT2D eigenvalue weighted by Gasteiger charge is 2.30. The van der Waals surface area contributed by atoms with E-state index in [2.05, 4.69) is 20.4 Å². The Morgan fingerprint density at radius 3 is 1.60 bits per heavy atom. The fourth-order valence-corrected chi connectivity index (χ4v) is 7.24. The molecule has 0 unspecified atom stereocenters. The van der Waals surface area contributed by atoms with Gasteiger partial charge >= 0.3 is 10.1 Å². The molecule has 5 rings (SSSR count). The van der Waals surface area contributed by atoms with E-state index in [1.165, 1.54) is 6.26 Å². The Labute approximate surface area is 249 Å². The predicted octanol–water partition coefficient (Wildman–Crippen LogP) is 10.3. The number of fused-ring (bicyclic) bond motifs is 2. The van der Waals surface area contributed by atoms with E-state index in [4.69, 9.17) is 8.92 Å². The Morgan fingerprint density at radius 2 is 1.12 bits per heavy atom. The van der Waals surface area contributed by atoms with E-state index in [1.54, 1.807) is 6.07 Å². The van der Waals surface area contributed by atoms with E-state index in [-0.39, 0.29) is 28.4 Å². The topological polar surface area (TPSA) is 52.6 Å². The molecule has 5 heteroatoms. The van der Waals surface area contributed by atoms with E-state index in [0.717, 1.165) is 43.8 Å². The van der Waals surface area contributed by atoms with Crippen LogP contribution < -0.4 is 8.92 Å². The molecule has 0 atom stereocenters. The molecular formula is C37H38O4S. The van der Waals surface area contributed by atoms with Crippen molar-refractivity contribution in [2.75, 3.05) is 0 Å². The molecule has 0 fully saturated rings. The normalized spacial score (nSPS) is 12.0. The molecule has 0 aliphatic carbocycles. The summed E-state index contributed by atoms with van der Waals surface area (Å²) in [5, 5.41) is 3.74. The third kappa shape index (κ3) is 5.41. The van der Waals surface area contributed by atoms with Crippen LogP contribution in [0, 0.1) is 0 Å². The van der Waals surface area contributed by atoms with Crippen LogP contribution >= 0.6 is 0 Å². The monoisotopic (exact) mass is 578 g/mol. The molecule has 4 nitrogen and oxygen atoms in total. The maximum atomic E-state index is 14.5. The van der Waals surface area contributed by atoms with Gasteiger partial charge in [-0.05, 0) is 68.1 Å². The molecule has 0 aromatic heterocycles. The summed E-state index contributed by atoms with van der Waals surface area (Å²) in [6.45, 7) is 16.1. The second-order valence-corrected chi connectivity index (χ2v) is 13.1. The SMILES string of the molecule is C=COc1ccc2ccccc2c1-c1c(OS(=O)(=O)c2c(C(C)C)cc(C(C)C)cc2C(C)C)ccc2ccccc12. The Bertz CT molecular complexity index is 1870. The van der Waals surface area contributed by atoms with Gasteiger partial charge in [-0.2, -0.15) is 8.42 Å². The molecule has 0 saturated carbocycles. The Hall–Kier alpha value is -4.09. The van der Waals surface area contributed by atoms with E-state index < -0.39 is 10.1 Å². The summed E-state index contributed by atoms with van der Waals surface area (Å²) in [7, 11) is -4.25. The zero-order valence-electron chi connectivity index (χ0n) is 25.1. The number of hydrogen-bond donors (Lipinski definition) is 0. The summed E-state index contributed by atoms with van der Waals surface area (Å²) >= 11 is 0. The lowest BCUT2D eigenvalue weighted by molar-refractivity contribution is 0.479. The molecule has 0 amide bonds. The van der Waals surface area contributed by atoms with Crippen molar-refractivity contribution >= 4 is 31.7 Å². The third-order valence-corrected chi connectivity index (χ3v) is 9.14. The molecule has 0 aliphatic heterocycles. The lowest BCUT2D eigenvalue weighted by atomic mass is 9.89. The second-order valence-electron chi connectivity index (χ2n) is 11.6. The molecule has 42 heavy (non-hydrogen) atoms. The van der Waals surface area contributed by atoms with Crippen LogP contribution in [-0.4, -0.2) is 8.42 Å². The van der Waals surface area contributed by atoms with Gasteiger partial charge in [0, 0.05) is 11.1 Å². The van der Waals surface area contributed by atoms with Crippen molar-refractivity contribution in [1.29, 1.82) is 0 Å². The van der Waals surface area contributed by atoms with Crippen LogP contribution in [0.15, 0.2) is 103 Å². The fraction of sp³-hybridized carbons (Fsp3) is 0.243. The first-order chi connectivity index (χ1) is 20.0. The van der Waals surface area contributed by atoms with Crippen LogP contribution in [0.1, 0.15) is 76.0 Å². The minimum absolute atomic E-state index is 0.0173. The Morgan fingerprint density at radius 1 is 0.643 bits per heavy atom. The number of rotatable bonds is 9. The third-order valence-electron chi connectivity index (χ3n) is 7.77. The molecular weight excluding hydrogens is 540 g/mol. The van der Waals surface area contributed by atoms with Gasteiger partial charge in [0.05, 0.1) is 6.26 Å². The van der Waals surface area contributed by atoms with Gasteiger partial charge in [-0.1, -0.05) is 121 Å². The van der Waals surface area contributed by atoms with Crippen LogP contribution in [0.25, 0.3) is 32.7 Å². The van der Waals surface area contributed by atoms with Crippen LogP contribution in [-0.2, 0) is 10.1 Å². The summed E-state index contributed by atoms with van der Waals surface area (Å²) < 4.78 is 41.1. The smallest absolute Gasteiger partial charge is 0.339 e. The van der Waals surface area contributed by atoms with Crippen molar-refractivity contribution in [1.82, 2.24) is 0 Å². The van der Waals surface area contributed by atoms with Crippen molar-refractivity contribution in [2.24, 2.45) is 0 Å². The van der Waals surface area contributed by atoms with E-state index in [1.807, 2.05) is 107 Å². The predicted molar refractivity (Wildman–Crippen MR) is 174 cm³/mol. The molecule has 5 aromatic carbocycles. The Kier molecular flexibility index (Phi) is 8.16. The minimum Gasteiger partial charge on any atom is -0.465 e. The van der Waals surface area contributed by atoms with E-state index >= 15 is 0 Å². The van der Waals surface area contributed by atoms with E-state index in [9.17, 15) is 8.42 Å². The molecule has 0 radical (unpaired) electrons. The standard InChI is InChI=1S/C37H38O4S/c1-8-40-33-19-17-26-13-9-11-15-29(26)35(33)36-30-16-12-10-14-27(30)18-20-34(36)41-42(38,39)37-31(24(4)5)21-28(23(2)3)22-32(37)25(6)7/h8-25H,1H2,2-7H3. The quantitative estimate of drug-likeness (QED) is 0.129. The maximum Gasteiger partial charge on any atom is 0.339 e. The van der Waals surface area contributed by atoms with Crippen molar-refractivity contribution < 1.29 is 17.3 Å². The van der Waals surface area contributed by atoms with Gasteiger partial charge in [0.1, 0.15) is 10.6 Å². The summed E-state index contributed by atoms with van der Waals surface area (Å²) in [6, 6.07) is 27.5. The summed E-state index contributed by atoms with van der Waals surface area (Å²) in [5.74, 6) is 1.04. The molecule has 0 saturated heterocycles. The van der Waals surface area contributed by atoms with Crippen molar-refractivity contribution in [2.45, 2.75) is 64.2 Å². The van der Waals surface area contributed by atoms with Gasteiger partial charge < -0.3 is 8.92 Å². The average Bonchev–Trinajstić information content (AvgIpc) is 2.96. The van der Waals surface area contributed by atoms with Crippen LogP contribution in [0.5, 0.6) is 11.5 Å². The molecule has 0 N–H and O–H groups in total. The van der Waals surface area contributed by atoms with Gasteiger partial charge in [0.25, 0.3) is 0 Å². The maximum absolute atomic E-state index is 14.5. The highest BCUT2D eigenvalue weighted by Crippen LogP contribution is 2.47. The van der Waals surface area contributed by atoms with E-state index in [0.29, 0.717) is 11.3 Å². The van der Waals surface area contributed by atoms with Gasteiger partial charge in [0.15, 0.2) is 5.75 Å². The molecule has 0 aliphatic rings. The highest BCUT2D eigenvalue weighted by atomic mass is 32.2. The number of hydrogen-bond acceptors (Lipinski definition) is 4. The van der Waals surface area contributed by atoms with Crippen LogP contribution in [0.3, 0.4) is 0 Å². The molecule has 0 heterocycles. The zero-order chi connectivity index (χ0) is 30.2. The first-order valence-corrected chi connectivity index (χ1v) is 15.9. The lowest BCUT2D eigenvalue weighted by Crippen LogP contribution is -2.17. The average molecular weight is 579 g/mol. The molecule has 0 bridgehead atoms. The van der Waals surface area contributed by atoms with Crippen LogP contribution in [0.4, 0.5) is 0 Å². The number of ether oxygens (including phenoxy) is 1. The fourth-order valence-electron chi connectivity index (χ4n) is 5.61. The summed E-state index contributed by atoms with van der Waals surface area (Å²) in [4.78, 5) is 0.261. The van der Waals surface area contributed by atoms with Gasteiger partial charge in [-0.15, -0.1) is 0 Å². The lowest BCUT2D eigenvalue weighted by Gasteiger charge is -2.23. The highest BCUT2D eigenvalue weighted by molar-refractivity contribution is 7.87. The zero-order valence-corrected chi connectivity index (χ0v) is 26.0. The minimum atomic E-state index is -4.25. The van der Waals surface area contributed by atoms with Crippen molar-refractivity contribution in [3.8, 4) is 22.6 Å². The van der Waals surface area contributed by atoms with Gasteiger partial charge in [-0.25, -0.2) is 0 Å². The first-order valence-electron chi connectivity index (χ1n) is 14.5. The first kappa shape index (κ1) is 29.4. The molecule has 0 spiro atoms. The van der Waals surface area contributed by atoms with Crippen molar-refractivity contribution in [3.63, 3.8) is 0 Å².